The van der Waals surface area contributed by atoms with Crippen molar-refractivity contribution in [3.05, 3.63) is 46.3 Å². The summed E-state index contributed by atoms with van der Waals surface area (Å²) < 4.78 is 0. The lowest BCUT2D eigenvalue weighted by Crippen LogP contribution is -2.29. The SMILES string of the molecule is CC(C)(C)Nc1ncnc(N2CCCc3ccccc32)c1[N+](=O)[O-]. The van der Waals surface area contributed by atoms with E-state index in [1.165, 1.54) is 11.9 Å². The third-order valence-corrected chi connectivity index (χ3v) is 3.84. The van der Waals surface area contributed by atoms with Crippen LogP contribution in [0.1, 0.15) is 32.8 Å². The monoisotopic (exact) mass is 327 g/mol. The number of aryl methyl sites for hydroxylation is 1. The first kappa shape index (κ1) is 16.2. The molecule has 0 bridgehead atoms. The number of anilines is 3. The number of hydrogen-bond acceptors (Lipinski definition) is 6. The van der Waals surface area contributed by atoms with Crippen LogP contribution in [0.25, 0.3) is 0 Å². The number of rotatable bonds is 3. The highest BCUT2D eigenvalue weighted by atomic mass is 16.6. The minimum absolute atomic E-state index is 0.0795. The molecule has 126 valence electrons. The fourth-order valence-corrected chi connectivity index (χ4v) is 2.94. The van der Waals surface area contributed by atoms with Gasteiger partial charge in [0.25, 0.3) is 0 Å². The number of para-hydroxylation sites is 1. The molecule has 7 nitrogen and oxygen atoms in total. The van der Waals surface area contributed by atoms with E-state index in [0.717, 1.165) is 18.5 Å². The second kappa shape index (κ2) is 6.07. The van der Waals surface area contributed by atoms with Crippen LogP contribution in [0.5, 0.6) is 0 Å². The molecule has 0 aliphatic carbocycles. The van der Waals surface area contributed by atoms with Gasteiger partial charge >= 0.3 is 5.69 Å². The second-order valence-electron chi connectivity index (χ2n) is 6.91. The number of fused-ring (bicyclic) bond motifs is 1. The van der Waals surface area contributed by atoms with Gasteiger partial charge in [-0.1, -0.05) is 18.2 Å². The summed E-state index contributed by atoms with van der Waals surface area (Å²) in [5, 5.41) is 14.9. The van der Waals surface area contributed by atoms with Gasteiger partial charge < -0.3 is 10.2 Å². The van der Waals surface area contributed by atoms with Crippen molar-refractivity contribution in [2.75, 3.05) is 16.8 Å². The Bertz CT molecular complexity index is 770. The molecular weight excluding hydrogens is 306 g/mol. The predicted octanol–water partition coefficient (Wildman–Crippen LogP) is 3.68. The van der Waals surface area contributed by atoms with Gasteiger partial charge in [0.1, 0.15) is 6.33 Å². The van der Waals surface area contributed by atoms with Crippen LogP contribution in [-0.2, 0) is 6.42 Å². The Morgan fingerprint density at radius 1 is 1.25 bits per heavy atom. The molecule has 1 aromatic carbocycles. The van der Waals surface area contributed by atoms with Gasteiger partial charge in [0, 0.05) is 17.8 Å². The molecular formula is C17H21N5O2. The second-order valence-corrected chi connectivity index (χ2v) is 6.91. The lowest BCUT2D eigenvalue weighted by atomic mass is 10.0. The average molecular weight is 327 g/mol. The maximum Gasteiger partial charge on any atom is 0.353 e. The van der Waals surface area contributed by atoms with E-state index in [0.29, 0.717) is 12.4 Å². The quantitative estimate of drug-likeness (QED) is 0.684. The summed E-state index contributed by atoms with van der Waals surface area (Å²) in [5.74, 6) is 0.592. The summed E-state index contributed by atoms with van der Waals surface area (Å²) in [5.41, 5.74) is 1.74. The molecule has 0 radical (unpaired) electrons. The molecule has 0 unspecified atom stereocenters. The van der Waals surface area contributed by atoms with Crippen LogP contribution >= 0.6 is 0 Å². The first-order valence-corrected chi connectivity index (χ1v) is 8.00. The van der Waals surface area contributed by atoms with Gasteiger partial charge in [-0.25, -0.2) is 9.97 Å². The number of hydrogen-bond donors (Lipinski definition) is 1. The molecule has 2 aromatic rings. The van der Waals surface area contributed by atoms with Crippen molar-refractivity contribution < 1.29 is 4.92 Å². The first-order chi connectivity index (χ1) is 11.4. The molecule has 3 rings (SSSR count). The molecule has 1 aliphatic rings. The van der Waals surface area contributed by atoms with Crippen molar-refractivity contribution in [1.82, 2.24) is 9.97 Å². The summed E-state index contributed by atoms with van der Waals surface area (Å²) >= 11 is 0. The molecule has 0 saturated heterocycles. The van der Waals surface area contributed by atoms with Crippen molar-refractivity contribution >= 4 is 23.0 Å². The van der Waals surface area contributed by atoms with Gasteiger partial charge in [0.15, 0.2) is 0 Å². The van der Waals surface area contributed by atoms with E-state index in [2.05, 4.69) is 21.4 Å². The zero-order chi connectivity index (χ0) is 17.3. The van der Waals surface area contributed by atoms with E-state index in [1.807, 2.05) is 43.9 Å². The van der Waals surface area contributed by atoms with Crippen molar-refractivity contribution in [2.24, 2.45) is 0 Å². The topological polar surface area (TPSA) is 84.2 Å². The van der Waals surface area contributed by atoms with E-state index in [4.69, 9.17) is 0 Å². The molecule has 0 amide bonds. The Balaban J connectivity index is 2.12. The Morgan fingerprint density at radius 3 is 2.71 bits per heavy atom. The third-order valence-electron chi connectivity index (χ3n) is 3.84. The molecule has 0 fully saturated rings. The van der Waals surface area contributed by atoms with E-state index in [1.54, 1.807) is 0 Å². The van der Waals surface area contributed by atoms with Crippen molar-refractivity contribution in [1.29, 1.82) is 0 Å². The zero-order valence-electron chi connectivity index (χ0n) is 14.1. The summed E-state index contributed by atoms with van der Waals surface area (Å²) in [6.45, 7) is 6.52. The average Bonchev–Trinajstić information content (AvgIpc) is 2.52. The number of aromatic nitrogens is 2. The standard InChI is InChI=1S/C17H21N5O2/c1-17(2,3)20-15-14(22(23)24)16(19-11-18-15)21-10-6-8-12-7-4-5-9-13(12)21/h4-5,7,9,11H,6,8,10H2,1-3H3,(H,18,19,20). The Morgan fingerprint density at radius 2 is 2.00 bits per heavy atom. The predicted molar refractivity (Wildman–Crippen MR) is 93.8 cm³/mol. The molecule has 7 heteroatoms. The summed E-state index contributed by atoms with van der Waals surface area (Å²) in [6.07, 6.45) is 3.28. The summed E-state index contributed by atoms with van der Waals surface area (Å²) in [6, 6.07) is 7.97. The van der Waals surface area contributed by atoms with E-state index < -0.39 is 4.92 Å². The highest BCUT2D eigenvalue weighted by Crippen LogP contribution is 2.39. The third kappa shape index (κ3) is 3.15. The van der Waals surface area contributed by atoms with E-state index in [9.17, 15) is 10.1 Å². The van der Waals surface area contributed by atoms with Crippen molar-refractivity contribution in [3.8, 4) is 0 Å². The van der Waals surface area contributed by atoms with Gasteiger partial charge in [-0.2, -0.15) is 0 Å². The number of benzene rings is 1. The van der Waals surface area contributed by atoms with Gasteiger partial charge in [-0.05, 0) is 45.2 Å². The molecule has 0 spiro atoms. The number of nitrogens with one attached hydrogen (secondary N) is 1. The molecule has 0 saturated carbocycles. The molecule has 1 N–H and O–H groups in total. The highest BCUT2D eigenvalue weighted by Gasteiger charge is 2.31. The maximum absolute atomic E-state index is 11.7. The minimum Gasteiger partial charge on any atom is -0.360 e. The van der Waals surface area contributed by atoms with Crippen LogP contribution in [0.2, 0.25) is 0 Å². The molecule has 2 heterocycles. The smallest absolute Gasteiger partial charge is 0.353 e. The summed E-state index contributed by atoms with van der Waals surface area (Å²) in [4.78, 5) is 21.6. The normalized spacial score (nSPS) is 14.2. The first-order valence-electron chi connectivity index (χ1n) is 8.00. The Hall–Kier alpha value is -2.70. The van der Waals surface area contributed by atoms with Crippen molar-refractivity contribution in [3.63, 3.8) is 0 Å². The van der Waals surface area contributed by atoms with E-state index in [-0.39, 0.29) is 17.0 Å². The maximum atomic E-state index is 11.7. The van der Waals surface area contributed by atoms with Gasteiger partial charge in [0.2, 0.25) is 11.6 Å². The van der Waals surface area contributed by atoms with Crippen molar-refractivity contribution in [2.45, 2.75) is 39.2 Å². The Kier molecular flexibility index (Phi) is 4.09. The van der Waals surface area contributed by atoms with E-state index >= 15 is 0 Å². The van der Waals surface area contributed by atoms with Crippen LogP contribution in [0.4, 0.5) is 23.0 Å². The molecule has 1 aromatic heterocycles. The minimum atomic E-state index is -0.402. The van der Waals surface area contributed by atoms with Gasteiger partial charge in [0.05, 0.1) is 4.92 Å². The lowest BCUT2D eigenvalue weighted by Gasteiger charge is -2.30. The zero-order valence-corrected chi connectivity index (χ0v) is 14.1. The highest BCUT2D eigenvalue weighted by molar-refractivity contribution is 5.77. The number of nitro groups is 1. The lowest BCUT2D eigenvalue weighted by molar-refractivity contribution is -0.383. The van der Waals surface area contributed by atoms with Crippen LogP contribution in [0.15, 0.2) is 30.6 Å². The van der Waals surface area contributed by atoms with Crippen LogP contribution < -0.4 is 10.2 Å². The molecule has 24 heavy (non-hydrogen) atoms. The molecule has 1 aliphatic heterocycles. The Labute approximate surface area is 140 Å². The molecule has 0 atom stereocenters. The largest absolute Gasteiger partial charge is 0.360 e. The fourth-order valence-electron chi connectivity index (χ4n) is 2.94. The van der Waals surface area contributed by atoms with Crippen LogP contribution in [0.3, 0.4) is 0 Å². The number of nitrogens with zero attached hydrogens (tertiary/aromatic N) is 4. The van der Waals surface area contributed by atoms with Gasteiger partial charge in [-0.3, -0.25) is 10.1 Å². The fraction of sp³-hybridized carbons (Fsp3) is 0.412. The summed E-state index contributed by atoms with van der Waals surface area (Å²) in [7, 11) is 0. The van der Waals surface area contributed by atoms with Crippen LogP contribution in [0, 0.1) is 10.1 Å². The van der Waals surface area contributed by atoms with Gasteiger partial charge in [-0.15, -0.1) is 0 Å². The van der Waals surface area contributed by atoms with Crippen LogP contribution in [-0.4, -0.2) is 27.0 Å².